The molecule has 6 heteroatoms. The van der Waals surface area contributed by atoms with Crippen LogP contribution in [0.25, 0.3) is 0 Å². The molecule has 0 bridgehead atoms. The van der Waals surface area contributed by atoms with Gasteiger partial charge in [-0.15, -0.1) is 11.8 Å². The van der Waals surface area contributed by atoms with Gasteiger partial charge in [-0.3, -0.25) is 9.59 Å². The summed E-state index contributed by atoms with van der Waals surface area (Å²) in [6.07, 6.45) is 0.888. The fourth-order valence-electron chi connectivity index (χ4n) is 3.29. The van der Waals surface area contributed by atoms with Gasteiger partial charge < -0.3 is 10.2 Å². The molecule has 1 N–H and O–H groups in total. The van der Waals surface area contributed by atoms with E-state index in [0.717, 1.165) is 17.5 Å². The van der Waals surface area contributed by atoms with Crippen molar-refractivity contribution in [2.24, 2.45) is 5.92 Å². The van der Waals surface area contributed by atoms with E-state index >= 15 is 0 Å². The number of rotatable bonds is 6. The first-order chi connectivity index (χ1) is 13.9. The van der Waals surface area contributed by atoms with E-state index in [4.69, 9.17) is 0 Å². The number of benzene rings is 2. The van der Waals surface area contributed by atoms with E-state index in [1.807, 2.05) is 19.1 Å². The predicted molar refractivity (Wildman–Crippen MR) is 115 cm³/mol. The molecule has 0 radical (unpaired) electrons. The highest BCUT2D eigenvalue weighted by Gasteiger charge is 2.42. The number of amides is 2. The van der Waals surface area contributed by atoms with Gasteiger partial charge in [0.25, 0.3) is 5.91 Å². The van der Waals surface area contributed by atoms with E-state index < -0.39 is 6.04 Å². The van der Waals surface area contributed by atoms with Crippen LogP contribution in [0.1, 0.15) is 47.1 Å². The Morgan fingerprint density at radius 1 is 1.14 bits per heavy atom. The second-order valence-corrected chi connectivity index (χ2v) is 8.92. The molecule has 1 heterocycles. The topological polar surface area (TPSA) is 49.4 Å². The Morgan fingerprint density at radius 2 is 1.79 bits per heavy atom. The molecule has 3 rings (SSSR count). The van der Waals surface area contributed by atoms with Gasteiger partial charge in [0.2, 0.25) is 5.91 Å². The van der Waals surface area contributed by atoms with Crippen molar-refractivity contribution in [3.63, 3.8) is 0 Å². The van der Waals surface area contributed by atoms with Gasteiger partial charge in [0, 0.05) is 17.9 Å². The average molecular weight is 415 g/mol. The standard InChI is InChI=1S/C23H27FN2O2S/c1-15(2)12-13-25-21(27)20-14-29-23(18-8-10-19(24)11-9-18)26(20)22(28)17-6-4-16(3)5-7-17/h4-11,15,20,23H,12-14H2,1-3H3,(H,25,27). The highest BCUT2D eigenvalue weighted by atomic mass is 32.2. The minimum atomic E-state index is -0.559. The first kappa shape index (κ1) is 21.4. The molecule has 4 nitrogen and oxygen atoms in total. The summed E-state index contributed by atoms with van der Waals surface area (Å²) in [4.78, 5) is 27.9. The summed E-state index contributed by atoms with van der Waals surface area (Å²) in [7, 11) is 0. The maximum atomic E-state index is 13.4. The molecule has 1 saturated heterocycles. The number of halogens is 1. The van der Waals surface area contributed by atoms with Crippen LogP contribution in [0.3, 0.4) is 0 Å². The van der Waals surface area contributed by atoms with Crippen LogP contribution in [0.15, 0.2) is 48.5 Å². The molecule has 2 aromatic rings. The maximum absolute atomic E-state index is 13.4. The van der Waals surface area contributed by atoms with E-state index in [2.05, 4.69) is 19.2 Å². The largest absolute Gasteiger partial charge is 0.354 e. The molecular weight excluding hydrogens is 387 g/mol. The molecule has 0 aromatic heterocycles. The van der Waals surface area contributed by atoms with Crippen LogP contribution in [0, 0.1) is 18.7 Å². The van der Waals surface area contributed by atoms with Gasteiger partial charge >= 0.3 is 0 Å². The molecule has 0 spiro atoms. The smallest absolute Gasteiger partial charge is 0.255 e. The summed E-state index contributed by atoms with van der Waals surface area (Å²) < 4.78 is 13.4. The fourth-order valence-corrected chi connectivity index (χ4v) is 4.72. The van der Waals surface area contributed by atoms with E-state index in [9.17, 15) is 14.0 Å². The number of carbonyl (C=O) groups excluding carboxylic acids is 2. The van der Waals surface area contributed by atoms with E-state index in [0.29, 0.717) is 23.8 Å². The fraction of sp³-hybridized carbons (Fsp3) is 0.391. The lowest BCUT2D eigenvalue weighted by Gasteiger charge is -2.29. The summed E-state index contributed by atoms with van der Waals surface area (Å²) >= 11 is 1.53. The minimum Gasteiger partial charge on any atom is -0.354 e. The van der Waals surface area contributed by atoms with Crippen LogP contribution in [0.5, 0.6) is 0 Å². The summed E-state index contributed by atoms with van der Waals surface area (Å²) in [5.41, 5.74) is 2.43. The molecule has 2 amide bonds. The Hall–Kier alpha value is -2.34. The number of thioether (sulfide) groups is 1. The second kappa shape index (κ2) is 9.44. The average Bonchev–Trinajstić information content (AvgIpc) is 3.13. The molecule has 154 valence electrons. The zero-order valence-electron chi connectivity index (χ0n) is 17.0. The molecular formula is C23H27FN2O2S. The highest BCUT2D eigenvalue weighted by Crippen LogP contribution is 2.42. The molecule has 2 atom stereocenters. The summed E-state index contributed by atoms with van der Waals surface area (Å²) in [5, 5.41) is 2.65. The van der Waals surface area contributed by atoms with Crippen LogP contribution >= 0.6 is 11.8 Å². The van der Waals surface area contributed by atoms with Crippen molar-refractivity contribution < 1.29 is 14.0 Å². The van der Waals surface area contributed by atoms with Gasteiger partial charge in [-0.2, -0.15) is 0 Å². The first-order valence-electron chi connectivity index (χ1n) is 9.91. The normalized spacial score (nSPS) is 18.9. The zero-order chi connectivity index (χ0) is 21.0. The van der Waals surface area contributed by atoms with Crippen molar-refractivity contribution in [3.8, 4) is 0 Å². The Labute approximate surface area is 175 Å². The monoisotopic (exact) mass is 414 g/mol. The van der Waals surface area contributed by atoms with E-state index in [-0.39, 0.29) is 23.0 Å². The highest BCUT2D eigenvalue weighted by molar-refractivity contribution is 7.99. The lowest BCUT2D eigenvalue weighted by atomic mass is 10.1. The van der Waals surface area contributed by atoms with Crippen molar-refractivity contribution in [2.45, 2.75) is 38.6 Å². The second-order valence-electron chi connectivity index (χ2n) is 7.81. The molecule has 0 aliphatic carbocycles. The van der Waals surface area contributed by atoms with Gasteiger partial charge in [-0.25, -0.2) is 4.39 Å². The summed E-state index contributed by atoms with van der Waals surface area (Å²) in [6.45, 7) is 6.77. The first-order valence-corrected chi connectivity index (χ1v) is 11.0. The SMILES string of the molecule is Cc1ccc(C(=O)N2C(C(=O)NCCC(C)C)CSC2c2ccc(F)cc2)cc1. The van der Waals surface area contributed by atoms with Gasteiger partial charge in [0.05, 0.1) is 0 Å². The molecule has 1 fully saturated rings. The molecule has 1 aliphatic heterocycles. The van der Waals surface area contributed by atoms with E-state index in [1.165, 1.54) is 23.9 Å². The Bertz CT molecular complexity index is 852. The minimum absolute atomic E-state index is 0.136. The molecule has 29 heavy (non-hydrogen) atoms. The van der Waals surface area contributed by atoms with Gasteiger partial charge in [0.15, 0.2) is 0 Å². The Balaban J connectivity index is 1.87. The Kier molecular flexibility index (Phi) is 6.96. The summed E-state index contributed by atoms with van der Waals surface area (Å²) in [6, 6.07) is 12.9. The van der Waals surface area contributed by atoms with Crippen LogP contribution < -0.4 is 5.32 Å². The van der Waals surface area contributed by atoms with Crippen molar-refractivity contribution >= 4 is 23.6 Å². The lowest BCUT2D eigenvalue weighted by molar-refractivity contribution is -0.124. The predicted octanol–water partition coefficient (Wildman–Crippen LogP) is 4.55. The molecule has 2 aromatic carbocycles. The van der Waals surface area contributed by atoms with Gasteiger partial charge in [-0.1, -0.05) is 43.7 Å². The quantitative estimate of drug-likeness (QED) is 0.754. The number of nitrogens with one attached hydrogen (secondary N) is 1. The van der Waals surface area contributed by atoms with Crippen molar-refractivity contribution in [3.05, 3.63) is 71.0 Å². The molecule has 2 unspecified atom stereocenters. The van der Waals surface area contributed by atoms with Crippen molar-refractivity contribution in [1.29, 1.82) is 0 Å². The number of hydrogen-bond acceptors (Lipinski definition) is 3. The van der Waals surface area contributed by atoms with Gasteiger partial charge in [-0.05, 0) is 49.1 Å². The number of nitrogens with zero attached hydrogens (tertiary/aromatic N) is 1. The summed E-state index contributed by atoms with van der Waals surface area (Å²) in [5.74, 6) is 0.353. The van der Waals surface area contributed by atoms with Crippen LogP contribution in [0.4, 0.5) is 4.39 Å². The zero-order valence-corrected chi connectivity index (χ0v) is 17.8. The van der Waals surface area contributed by atoms with Crippen LogP contribution in [0.2, 0.25) is 0 Å². The third-order valence-corrected chi connectivity index (χ3v) is 6.34. The van der Waals surface area contributed by atoms with Crippen LogP contribution in [-0.2, 0) is 4.79 Å². The molecule has 1 aliphatic rings. The third kappa shape index (κ3) is 5.18. The Morgan fingerprint density at radius 3 is 2.41 bits per heavy atom. The van der Waals surface area contributed by atoms with E-state index in [1.54, 1.807) is 29.2 Å². The maximum Gasteiger partial charge on any atom is 0.255 e. The lowest BCUT2D eigenvalue weighted by Crippen LogP contribution is -2.48. The number of hydrogen-bond donors (Lipinski definition) is 1. The van der Waals surface area contributed by atoms with Crippen molar-refractivity contribution in [2.75, 3.05) is 12.3 Å². The third-order valence-electron chi connectivity index (χ3n) is 5.01. The number of aryl methyl sites for hydroxylation is 1. The molecule has 0 saturated carbocycles. The number of carbonyl (C=O) groups is 2. The van der Waals surface area contributed by atoms with Crippen LogP contribution in [-0.4, -0.2) is 35.1 Å². The van der Waals surface area contributed by atoms with Gasteiger partial charge in [0.1, 0.15) is 17.2 Å². The van der Waals surface area contributed by atoms with Crippen molar-refractivity contribution in [1.82, 2.24) is 10.2 Å².